The van der Waals surface area contributed by atoms with Crippen LogP contribution in [0.2, 0.25) is 0 Å². The zero-order valence-electron chi connectivity index (χ0n) is 8.35. The van der Waals surface area contributed by atoms with Crippen LogP contribution in [0.5, 0.6) is 0 Å². The van der Waals surface area contributed by atoms with Crippen molar-refractivity contribution in [3.05, 3.63) is 17.0 Å². The highest BCUT2D eigenvalue weighted by atomic mass is 79.9. The van der Waals surface area contributed by atoms with E-state index >= 15 is 0 Å². The maximum atomic E-state index is 11.5. The van der Waals surface area contributed by atoms with Gasteiger partial charge in [0.15, 0.2) is 0 Å². The molecule has 1 aromatic heterocycles. The minimum Gasteiger partial charge on any atom is -0.345 e. The van der Waals surface area contributed by atoms with Gasteiger partial charge in [-0.3, -0.25) is 4.79 Å². The lowest BCUT2D eigenvalue weighted by molar-refractivity contribution is -0.129. The first kappa shape index (κ1) is 10.4. The summed E-state index contributed by atoms with van der Waals surface area (Å²) >= 11 is 3.28. The molecule has 2 rings (SSSR count). The molecule has 2 heterocycles. The number of amides is 1. The molecule has 1 amide bonds. The third-order valence-corrected chi connectivity index (χ3v) is 2.83. The number of piperazine rings is 1. The van der Waals surface area contributed by atoms with Gasteiger partial charge in [0.2, 0.25) is 5.91 Å². The summed E-state index contributed by atoms with van der Waals surface area (Å²) in [5.74, 6) is 0.911. The average Bonchev–Trinajstić information content (AvgIpc) is 2.22. The molecule has 1 aromatic rings. The van der Waals surface area contributed by atoms with E-state index in [-0.39, 0.29) is 5.91 Å². The Morgan fingerprint density at radius 1 is 1.40 bits per heavy atom. The van der Waals surface area contributed by atoms with Crippen molar-refractivity contribution < 1.29 is 4.79 Å². The number of hydrogen-bond donors (Lipinski definition) is 0. The van der Waals surface area contributed by atoms with E-state index < -0.39 is 0 Å². The highest BCUT2D eigenvalue weighted by Crippen LogP contribution is 2.16. The van der Waals surface area contributed by atoms with Crippen LogP contribution in [-0.2, 0) is 4.79 Å². The van der Waals surface area contributed by atoms with Crippen LogP contribution in [0.1, 0.15) is 0 Å². The van der Waals surface area contributed by atoms with Gasteiger partial charge in [-0.25, -0.2) is 9.97 Å². The van der Waals surface area contributed by atoms with Crippen molar-refractivity contribution in [2.24, 2.45) is 0 Å². The molecule has 0 spiro atoms. The van der Waals surface area contributed by atoms with Gasteiger partial charge < -0.3 is 9.80 Å². The van der Waals surface area contributed by atoms with Crippen molar-refractivity contribution in [1.82, 2.24) is 14.9 Å². The van der Waals surface area contributed by atoms with Crippen molar-refractivity contribution in [1.29, 1.82) is 0 Å². The molecule has 0 saturated carbocycles. The van der Waals surface area contributed by atoms with E-state index in [1.54, 1.807) is 4.90 Å². The lowest BCUT2D eigenvalue weighted by Gasteiger charge is -2.32. The average molecular weight is 271 g/mol. The van der Waals surface area contributed by atoms with Crippen molar-refractivity contribution in [3.63, 3.8) is 0 Å². The largest absolute Gasteiger partial charge is 0.345 e. The molecule has 1 fully saturated rings. The van der Waals surface area contributed by atoms with E-state index in [4.69, 9.17) is 0 Å². The Balaban J connectivity index is 2.15. The Morgan fingerprint density at radius 2 is 2.20 bits per heavy atom. The summed E-state index contributed by atoms with van der Waals surface area (Å²) in [6, 6.07) is 1.82. The van der Waals surface area contributed by atoms with Crippen LogP contribution in [0.3, 0.4) is 0 Å². The monoisotopic (exact) mass is 270 g/mol. The fourth-order valence-corrected chi connectivity index (χ4v) is 1.75. The third-order valence-electron chi connectivity index (χ3n) is 2.40. The van der Waals surface area contributed by atoms with Crippen molar-refractivity contribution in [2.45, 2.75) is 0 Å². The maximum Gasteiger partial charge on any atom is 0.241 e. The van der Waals surface area contributed by atoms with Gasteiger partial charge in [0.1, 0.15) is 16.7 Å². The maximum absolute atomic E-state index is 11.5. The van der Waals surface area contributed by atoms with Gasteiger partial charge in [-0.1, -0.05) is 0 Å². The Morgan fingerprint density at radius 3 is 2.87 bits per heavy atom. The molecule has 1 aliphatic heterocycles. The van der Waals surface area contributed by atoms with Crippen LogP contribution in [0.15, 0.2) is 17.0 Å². The number of aromatic nitrogens is 2. The first-order valence-electron chi connectivity index (χ1n) is 4.63. The molecular weight excluding hydrogens is 260 g/mol. The second-order valence-electron chi connectivity index (χ2n) is 3.44. The van der Waals surface area contributed by atoms with E-state index in [2.05, 4.69) is 25.9 Å². The molecule has 5 nitrogen and oxygen atoms in total. The number of carbonyl (C=O) groups is 1. The molecule has 0 aliphatic carbocycles. The number of hydrogen-bond acceptors (Lipinski definition) is 4. The molecule has 0 bridgehead atoms. The van der Waals surface area contributed by atoms with Crippen molar-refractivity contribution in [2.75, 3.05) is 31.6 Å². The Labute approximate surface area is 96.2 Å². The molecule has 0 N–H and O–H groups in total. The molecule has 0 radical (unpaired) electrons. The predicted octanol–water partition coefficient (Wildman–Crippen LogP) is 0.518. The van der Waals surface area contributed by atoms with E-state index in [0.29, 0.717) is 6.54 Å². The second-order valence-corrected chi connectivity index (χ2v) is 4.25. The number of carbonyl (C=O) groups excluding carboxylic acids is 1. The first-order chi connectivity index (χ1) is 7.16. The van der Waals surface area contributed by atoms with E-state index in [0.717, 1.165) is 23.5 Å². The van der Waals surface area contributed by atoms with Crippen LogP contribution >= 0.6 is 15.9 Å². The number of likely N-dealkylation sites (N-methyl/N-ethyl adjacent to an activating group) is 1. The van der Waals surface area contributed by atoms with Gasteiger partial charge in [-0.05, 0) is 15.9 Å². The molecule has 0 aromatic carbocycles. The summed E-state index contributed by atoms with van der Waals surface area (Å²) in [5.41, 5.74) is 0. The lowest BCUT2D eigenvalue weighted by Crippen LogP contribution is -2.48. The zero-order chi connectivity index (χ0) is 10.8. The van der Waals surface area contributed by atoms with Crippen LogP contribution in [-0.4, -0.2) is 47.5 Å². The highest BCUT2D eigenvalue weighted by Gasteiger charge is 2.21. The van der Waals surface area contributed by atoms with Crippen LogP contribution < -0.4 is 4.90 Å². The second kappa shape index (κ2) is 4.14. The van der Waals surface area contributed by atoms with Crippen LogP contribution in [0.4, 0.5) is 5.82 Å². The van der Waals surface area contributed by atoms with Gasteiger partial charge in [0, 0.05) is 26.2 Å². The molecule has 15 heavy (non-hydrogen) atoms. The summed E-state index contributed by atoms with van der Waals surface area (Å²) < 4.78 is 0.735. The van der Waals surface area contributed by atoms with E-state index in [1.165, 1.54) is 6.33 Å². The fraction of sp³-hybridized carbons (Fsp3) is 0.444. The quantitative estimate of drug-likeness (QED) is 0.699. The van der Waals surface area contributed by atoms with Crippen LogP contribution in [0, 0.1) is 0 Å². The number of rotatable bonds is 1. The summed E-state index contributed by atoms with van der Waals surface area (Å²) in [4.78, 5) is 23.3. The molecule has 0 atom stereocenters. The van der Waals surface area contributed by atoms with E-state index in [9.17, 15) is 4.79 Å². The third kappa shape index (κ3) is 2.26. The highest BCUT2D eigenvalue weighted by molar-refractivity contribution is 9.10. The van der Waals surface area contributed by atoms with Crippen molar-refractivity contribution in [3.8, 4) is 0 Å². The number of nitrogens with zero attached hydrogens (tertiary/aromatic N) is 4. The topological polar surface area (TPSA) is 49.3 Å². The smallest absolute Gasteiger partial charge is 0.241 e. The van der Waals surface area contributed by atoms with Crippen LogP contribution in [0.25, 0.3) is 0 Å². The number of anilines is 1. The fourth-order valence-electron chi connectivity index (χ4n) is 1.45. The summed E-state index contributed by atoms with van der Waals surface area (Å²) in [6.07, 6.45) is 1.49. The first-order valence-corrected chi connectivity index (χ1v) is 5.42. The van der Waals surface area contributed by atoms with Gasteiger partial charge in [-0.15, -0.1) is 0 Å². The SMILES string of the molecule is CN1CCN(c2cc(Br)ncn2)CC1=O. The summed E-state index contributed by atoms with van der Waals surface area (Å²) in [6.45, 7) is 1.94. The Hall–Kier alpha value is -1.17. The van der Waals surface area contributed by atoms with Gasteiger partial charge in [0.05, 0.1) is 6.54 Å². The summed E-state index contributed by atoms with van der Waals surface area (Å²) in [7, 11) is 1.82. The summed E-state index contributed by atoms with van der Waals surface area (Å²) in [5, 5.41) is 0. The Kier molecular flexibility index (Phi) is 2.86. The minimum absolute atomic E-state index is 0.121. The molecule has 80 valence electrons. The molecule has 1 aliphatic rings. The molecular formula is C9H11BrN4O. The molecule has 6 heteroatoms. The number of halogens is 1. The van der Waals surface area contributed by atoms with Gasteiger partial charge >= 0.3 is 0 Å². The normalized spacial score (nSPS) is 17.1. The molecule has 0 unspecified atom stereocenters. The minimum atomic E-state index is 0.121. The van der Waals surface area contributed by atoms with Gasteiger partial charge in [-0.2, -0.15) is 0 Å². The zero-order valence-corrected chi connectivity index (χ0v) is 9.94. The van der Waals surface area contributed by atoms with Gasteiger partial charge in [0.25, 0.3) is 0 Å². The predicted molar refractivity (Wildman–Crippen MR) is 59.6 cm³/mol. The van der Waals surface area contributed by atoms with E-state index in [1.807, 2.05) is 18.0 Å². The molecule has 1 saturated heterocycles. The Bertz CT molecular complexity index is 384. The standard InChI is InChI=1S/C9H11BrN4O/c1-13-2-3-14(5-9(13)15)8-4-7(10)11-6-12-8/h4,6H,2-3,5H2,1H3. The lowest BCUT2D eigenvalue weighted by atomic mass is 10.3. The van der Waals surface area contributed by atoms with Crippen molar-refractivity contribution >= 4 is 27.7 Å².